The summed E-state index contributed by atoms with van der Waals surface area (Å²) in [6, 6.07) is 30.5. The molecule has 0 unspecified atom stereocenters. The second-order valence-corrected chi connectivity index (χ2v) is 7.87. The Hall–Kier alpha value is -3.50. The van der Waals surface area contributed by atoms with E-state index in [1.54, 1.807) is 0 Å². The van der Waals surface area contributed by atoms with E-state index in [9.17, 15) is 0 Å². The molecule has 6 heteroatoms. The van der Waals surface area contributed by atoms with Crippen LogP contribution < -0.4 is 18.6 Å². The van der Waals surface area contributed by atoms with Gasteiger partial charge in [-0.1, -0.05) is 66.4 Å². The predicted molar refractivity (Wildman–Crippen MR) is 116 cm³/mol. The molecule has 0 radical (unpaired) electrons. The Kier molecular flexibility index (Phi) is 7.96. The largest absolute Gasteiger partial charge is 0.364 e. The zero-order chi connectivity index (χ0) is 23.8. The van der Waals surface area contributed by atoms with Gasteiger partial charge in [0, 0.05) is 11.1 Å². The van der Waals surface area contributed by atoms with Crippen LogP contribution in [-0.2, 0) is 0 Å². The molecule has 3 aromatic carbocycles. The number of benzene rings is 3. The first-order chi connectivity index (χ1) is 15.7. The standard InChI is InChI=1S/C27H21O.ClHO4/c1-20-25(19-18-22-12-6-3-7-13-22)21(2)27(24-16-10-5-11-17-24)28-26(20)23-14-8-4-9-15-23;2-1(3,4)5/h3-17H,1-2H3;(H,2,3,4,5)/q+1;/p-1. The van der Waals surface area contributed by atoms with Crippen molar-refractivity contribution in [2.24, 2.45) is 0 Å². The molecule has 0 saturated carbocycles. The van der Waals surface area contributed by atoms with Gasteiger partial charge in [0.15, 0.2) is 0 Å². The molecule has 0 bridgehead atoms. The summed E-state index contributed by atoms with van der Waals surface area (Å²) in [6.45, 7) is 4.17. The van der Waals surface area contributed by atoms with Crippen LogP contribution in [0.15, 0.2) is 95.4 Å². The maximum atomic E-state index is 8.49. The number of rotatable bonds is 2. The smallest absolute Gasteiger partial charge is 0.222 e. The van der Waals surface area contributed by atoms with E-state index in [0.717, 1.165) is 44.9 Å². The second-order valence-electron chi connectivity index (χ2n) is 7.11. The number of halogens is 1. The molecule has 4 aromatic rings. The minimum Gasteiger partial charge on any atom is -0.222 e. The van der Waals surface area contributed by atoms with Crippen LogP contribution in [0, 0.1) is 35.9 Å². The highest BCUT2D eigenvalue weighted by Crippen LogP contribution is 2.35. The maximum absolute atomic E-state index is 8.49. The van der Waals surface area contributed by atoms with E-state index >= 15 is 0 Å². The molecule has 0 atom stereocenters. The highest BCUT2D eigenvalue weighted by atomic mass is 35.7. The molecule has 0 N–H and O–H groups in total. The molecular formula is C27H21ClO5. The van der Waals surface area contributed by atoms with Crippen LogP contribution >= 0.6 is 0 Å². The fraction of sp³-hybridized carbons (Fsp3) is 0.0741. The summed E-state index contributed by atoms with van der Waals surface area (Å²) in [5.74, 6) is 8.44. The van der Waals surface area contributed by atoms with E-state index in [-0.39, 0.29) is 0 Å². The maximum Gasteiger partial charge on any atom is 0.364 e. The third-order valence-corrected chi connectivity index (χ3v) is 4.81. The van der Waals surface area contributed by atoms with E-state index < -0.39 is 10.2 Å². The second kappa shape index (κ2) is 10.9. The monoisotopic (exact) mass is 460 g/mol. The van der Waals surface area contributed by atoms with Crippen molar-refractivity contribution in [3.8, 4) is 34.5 Å². The number of hydrogen-bond acceptors (Lipinski definition) is 4. The first-order valence-corrected chi connectivity index (χ1v) is 11.2. The Morgan fingerprint density at radius 3 is 1.33 bits per heavy atom. The van der Waals surface area contributed by atoms with Gasteiger partial charge in [-0.05, 0) is 50.2 Å². The van der Waals surface area contributed by atoms with Gasteiger partial charge in [0.25, 0.3) is 0 Å². The van der Waals surface area contributed by atoms with Crippen LogP contribution in [0.1, 0.15) is 22.3 Å². The zero-order valence-corrected chi connectivity index (χ0v) is 18.8. The fourth-order valence-electron chi connectivity index (χ4n) is 3.34. The van der Waals surface area contributed by atoms with Crippen molar-refractivity contribution < 1.29 is 33.3 Å². The molecule has 0 aliphatic rings. The zero-order valence-electron chi connectivity index (χ0n) is 18.1. The Morgan fingerprint density at radius 1 is 0.576 bits per heavy atom. The van der Waals surface area contributed by atoms with Crippen molar-refractivity contribution in [2.45, 2.75) is 13.8 Å². The van der Waals surface area contributed by atoms with Gasteiger partial charge >= 0.3 is 11.5 Å². The Labute approximate surface area is 195 Å². The molecule has 5 nitrogen and oxygen atoms in total. The molecule has 33 heavy (non-hydrogen) atoms. The first-order valence-electron chi connectivity index (χ1n) is 10.0. The van der Waals surface area contributed by atoms with Gasteiger partial charge in [-0.25, -0.2) is 23.1 Å². The summed E-state index contributed by atoms with van der Waals surface area (Å²) in [4.78, 5) is 0. The third-order valence-electron chi connectivity index (χ3n) is 4.81. The van der Waals surface area contributed by atoms with E-state index in [1.807, 2.05) is 66.7 Å². The molecular weight excluding hydrogens is 440 g/mol. The average molecular weight is 461 g/mol. The molecule has 166 valence electrons. The minimum absolute atomic E-state index is 0.863. The summed E-state index contributed by atoms with van der Waals surface area (Å²) in [7, 11) is -4.94. The van der Waals surface area contributed by atoms with E-state index in [1.165, 1.54) is 0 Å². The Balaban J connectivity index is 0.000000555. The van der Waals surface area contributed by atoms with Gasteiger partial charge in [0.05, 0.1) is 22.3 Å². The molecule has 0 spiro atoms. The van der Waals surface area contributed by atoms with Crippen molar-refractivity contribution in [2.75, 3.05) is 0 Å². The number of hydrogen-bond donors (Lipinski definition) is 0. The first kappa shape index (κ1) is 24.1. The van der Waals surface area contributed by atoms with Gasteiger partial charge in [-0.15, -0.1) is 10.2 Å². The molecule has 0 aliphatic carbocycles. The van der Waals surface area contributed by atoms with Gasteiger partial charge in [0.1, 0.15) is 0 Å². The van der Waals surface area contributed by atoms with Crippen LogP contribution in [0.25, 0.3) is 22.6 Å². The van der Waals surface area contributed by atoms with Gasteiger partial charge in [-0.2, -0.15) is 0 Å². The highest BCUT2D eigenvalue weighted by Gasteiger charge is 2.27. The van der Waals surface area contributed by atoms with Crippen molar-refractivity contribution in [1.82, 2.24) is 0 Å². The van der Waals surface area contributed by atoms with Crippen LogP contribution in [0.4, 0.5) is 0 Å². The summed E-state index contributed by atoms with van der Waals surface area (Å²) in [5, 5.41) is 0. The lowest BCUT2D eigenvalue weighted by Crippen LogP contribution is -2.68. The van der Waals surface area contributed by atoms with Gasteiger partial charge in [-0.3, -0.25) is 0 Å². The SMILES string of the molecule is Cc1c(-c2ccccc2)[o+]c(-c2ccccc2)c(C)c1C#Cc1ccccc1.[O-][Cl+3]([O-])([O-])[O-]. The lowest BCUT2D eigenvalue weighted by molar-refractivity contribution is -2.00. The highest BCUT2D eigenvalue weighted by molar-refractivity contribution is 5.73. The molecule has 1 heterocycles. The van der Waals surface area contributed by atoms with Crippen LogP contribution in [0.5, 0.6) is 0 Å². The topological polar surface area (TPSA) is 104 Å². The van der Waals surface area contributed by atoms with Crippen molar-refractivity contribution >= 4 is 0 Å². The fourth-order valence-corrected chi connectivity index (χ4v) is 3.34. The third kappa shape index (κ3) is 6.99. The average Bonchev–Trinajstić information content (AvgIpc) is 2.80. The molecule has 4 rings (SSSR count). The van der Waals surface area contributed by atoms with Crippen LogP contribution in [0.3, 0.4) is 0 Å². The van der Waals surface area contributed by atoms with E-state index in [0.29, 0.717) is 0 Å². The summed E-state index contributed by atoms with van der Waals surface area (Å²) in [5.41, 5.74) is 6.26. The molecule has 0 saturated heterocycles. The van der Waals surface area contributed by atoms with Crippen LogP contribution in [-0.4, -0.2) is 0 Å². The van der Waals surface area contributed by atoms with Crippen molar-refractivity contribution in [1.29, 1.82) is 0 Å². The predicted octanol–water partition coefficient (Wildman–Crippen LogP) is 2.16. The van der Waals surface area contributed by atoms with Gasteiger partial charge < -0.3 is 0 Å². The lowest BCUT2D eigenvalue weighted by atomic mass is 9.96. The lowest BCUT2D eigenvalue weighted by Gasteiger charge is -2.17. The normalized spacial score (nSPS) is 10.5. The summed E-state index contributed by atoms with van der Waals surface area (Å²) in [6.07, 6.45) is 0. The molecule has 1 aromatic heterocycles. The van der Waals surface area contributed by atoms with E-state index in [4.69, 9.17) is 23.1 Å². The Bertz CT molecular complexity index is 1190. The molecule has 0 aliphatic heterocycles. The molecule has 0 amide bonds. The van der Waals surface area contributed by atoms with Gasteiger partial charge in [0.2, 0.25) is 0 Å². The summed E-state index contributed by atoms with van der Waals surface area (Å²) < 4.78 is 40.4. The minimum atomic E-state index is -4.94. The summed E-state index contributed by atoms with van der Waals surface area (Å²) >= 11 is 0. The van der Waals surface area contributed by atoms with E-state index in [2.05, 4.69) is 50.0 Å². The molecule has 0 fully saturated rings. The van der Waals surface area contributed by atoms with Crippen LogP contribution in [0.2, 0.25) is 0 Å². The quantitative estimate of drug-likeness (QED) is 0.337. The van der Waals surface area contributed by atoms with Crippen molar-refractivity contribution in [3.63, 3.8) is 0 Å². The van der Waals surface area contributed by atoms with Crippen molar-refractivity contribution in [3.05, 3.63) is 113 Å². The Morgan fingerprint density at radius 2 is 0.939 bits per heavy atom.